The van der Waals surface area contributed by atoms with Crippen LogP contribution in [0.3, 0.4) is 0 Å². The van der Waals surface area contributed by atoms with E-state index in [1.54, 1.807) is 18.2 Å². The van der Waals surface area contributed by atoms with E-state index < -0.39 is 11.3 Å². The van der Waals surface area contributed by atoms with E-state index >= 15 is 0 Å². The Labute approximate surface area is 167 Å². The van der Waals surface area contributed by atoms with Gasteiger partial charge in [-0.3, -0.25) is 9.59 Å². The lowest BCUT2D eigenvalue weighted by Gasteiger charge is -2.58. The molecule has 140 valence electrons. The van der Waals surface area contributed by atoms with Gasteiger partial charge in [-0.05, 0) is 62.5 Å². The Kier molecular flexibility index (Phi) is 4.65. The summed E-state index contributed by atoms with van der Waals surface area (Å²) in [6.45, 7) is -0.339. The number of benzene rings is 1. The second kappa shape index (κ2) is 6.57. The molecule has 0 radical (unpaired) electrons. The first kappa shape index (κ1) is 18.4. The zero-order valence-electron chi connectivity index (χ0n) is 14.2. The molecule has 26 heavy (non-hydrogen) atoms. The molecule has 1 aromatic carbocycles. The number of rotatable bonds is 4. The van der Waals surface area contributed by atoms with E-state index in [2.05, 4.69) is 5.32 Å². The molecule has 4 saturated carbocycles. The van der Waals surface area contributed by atoms with Gasteiger partial charge in [0, 0.05) is 4.87 Å². The number of amides is 1. The number of alkyl halides is 1. The molecule has 4 atom stereocenters. The standard InChI is InChI=1S/C19H20Cl3NO3/c20-13-2-1-3-14(16(13)21)23-15(24)9-26-17(25)18-5-11-4-12(6-18)8-19(22,7-11)10-18/h1-3,11-12H,4-10H2,(H,23,24)/t11-,12+,18?,19?. The van der Waals surface area contributed by atoms with Crippen LogP contribution in [0.5, 0.6) is 0 Å². The van der Waals surface area contributed by atoms with Crippen LogP contribution < -0.4 is 5.32 Å². The van der Waals surface area contributed by atoms with Gasteiger partial charge in [-0.15, -0.1) is 11.6 Å². The first-order valence-corrected chi connectivity index (χ1v) is 10.0. The molecule has 5 rings (SSSR count). The number of nitrogens with one attached hydrogen (secondary N) is 1. The summed E-state index contributed by atoms with van der Waals surface area (Å²) in [5.74, 6) is 0.276. The summed E-state index contributed by atoms with van der Waals surface area (Å²) in [5.41, 5.74) is -0.116. The van der Waals surface area contributed by atoms with E-state index in [1.807, 2.05) is 0 Å². The molecule has 4 aliphatic rings. The Morgan fingerprint density at radius 2 is 1.85 bits per heavy atom. The molecule has 4 bridgehead atoms. The van der Waals surface area contributed by atoms with Crippen molar-refractivity contribution >= 4 is 52.4 Å². The molecule has 4 nitrogen and oxygen atoms in total. The number of halogens is 3. The normalized spacial score (nSPS) is 34.6. The molecule has 1 N–H and O–H groups in total. The Balaban J connectivity index is 1.38. The van der Waals surface area contributed by atoms with Gasteiger partial charge in [0.1, 0.15) is 0 Å². The van der Waals surface area contributed by atoms with Crippen molar-refractivity contribution in [3.8, 4) is 0 Å². The highest BCUT2D eigenvalue weighted by atomic mass is 35.5. The zero-order valence-corrected chi connectivity index (χ0v) is 16.5. The lowest BCUT2D eigenvalue weighted by Crippen LogP contribution is -2.56. The summed E-state index contributed by atoms with van der Waals surface area (Å²) in [6, 6.07) is 4.96. The summed E-state index contributed by atoms with van der Waals surface area (Å²) in [5, 5.41) is 3.24. The van der Waals surface area contributed by atoms with Crippen LogP contribution in [-0.4, -0.2) is 23.4 Å². The SMILES string of the molecule is O=C(COC(=O)C12C[C@@H]3C[C@@H](CC(Cl)(C3)C1)C2)Nc1cccc(Cl)c1Cl. The van der Waals surface area contributed by atoms with Crippen molar-refractivity contribution < 1.29 is 14.3 Å². The van der Waals surface area contributed by atoms with Crippen LogP contribution in [0, 0.1) is 17.3 Å². The fraction of sp³-hybridized carbons (Fsp3) is 0.579. The highest BCUT2D eigenvalue weighted by Crippen LogP contribution is 2.64. The summed E-state index contributed by atoms with van der Waals surface area (Å²) in [4.78, 5) is 24.7. The van der Waals surface area contributed by atoms with Gasteiger partial charge in [-0.25, -0.2) is 0 Å². The van der Waals surface area contributed by atoms with Gasteiger partial charge < -0.3 is 10.1 Å². The fourth-order valence-electron chi connectivity index (χ4n) is 5.46. The third-order valence-electron chi connectivity index (χ3n) is 5.98. The van der Waals surface area contributed by atoms with Crippen molar-refractivity contribution in [2.45, 2.75) is 43.4 Å². The Morgan fingerprint density at radius 1 is 1.15 bits per heavy atom. The van der Waals surface area contributed by atoms with E-state index in [9.17, 15) is 9.59 Å². The van der Waals surface area contributed by atoms with E-state index in [-0.39, 0.29) is 22.5 Å². The number of carbonyl (C=O) groups excluding carboxylic acids is 2. The minimum atomic E-state index is -0.514. The van der Waals surface area contributed by atoms with Crippen molar-refractivity contribution in [3.05, 3.63) is 28.2 Å². The number of ether oxygens (including phenoxy) is 1. The maximum atomic E-state index is 12.8. The molecule has 2 unspecified atom stereocenters. The Bertz CT molecular complexity index is 752. The van der Waals surface area contributed by atoms with Crippen LogP contribution >= 0.6 is 34.8 Å². The third-order valence-corrected chi connectivity index (χ3v) is 7.24. The van der Waals surface area contributed by atoms with Gasteiger partial charge in [-0.2, -0.15) is 0 Å². The average molecular weight is 417 g/mol. The van der Waals surface area contributed by atoms with Crippen molar-refractivity contribution in [2.75, 3.05) is 11.9 Å². The monoisotopic (exact) mass is 415 g/mol. The molecular weight excluding hydrogens is 397 g/mol. The van der Waals surface area contributed by atoms with Gasteiger partial charge in [0.05, 0.1) is 21.1 Å². The first-order chi connectivity index (χ1) is 12.3. The van der Waals surface area contributed by atoms with Crippen molar-refractivity contribution in [2.24, 2.45) is 17.3 Å². The highest BCUT2D eigenvalue weighted by Gasteiger charge is 2.60. The van der Waals surface area contributed by atoms with Crippen molar-refractivity contribution in [1.82, 2.24) is 0 Å². The Morgan fingerprint density at radius 3 is 2.50 bits per heavy atom. The third kappa shape index (κ3) is 3.32. The molecule has 4 fully saturated rings. The summed E-state index contributed by atoms with van der Waals surface area (Å²) >= 11 is 18.7. The molecule has 0 saturated heterocycles. The van der Waals surface area contributed by atoms with E-state index in [4.69, 9.17) is 39.5 Å². The maximum Gasteiger partial charge on any atom is 0.312 e. The number of esters is 1. The maximum absolute atomic E-state index is 12.8. The van der Waals surface area contributed by atoms with Crippen LogP contribution in [0.25, 0.3) is 0 Å². The van der Waals surface area contributed by atoms with Gasteiger partial charge in [-0.1, -0.05) is 29.3 Å². The highest BCUT2D eigenvalue weighted by molar-refractivity contribution is 6.44. The largest absolute Gasteiger partial charge is 0.455 e. The number of anilines is 1. The summed E-state index contributed by atoms with van der Waals surface area (Å²) in [6.07, 6.45) is 5.48. The Hall–Kier alpha value is -0.970. The molecule has 0 aliphatic heterocycles. The van der Waals surface area contributed by atoms with Crippen LogP contribution in [-0.2, 0) is 14.3 Å². The van der Waals surface area contributed by atoms with E-state index in [0.29, 0.717) is 29.0 Å². The van der Waals surface area contributed by atoms with Gasteiger partial charge >= 0.3 is 5.97 Å². The molecule has 0 aromatic heterocycles. The van der Waals surface area contributed by atoms with Crippen molar-refractivity contribution in [3.63, 3.8) is 0 Å². The predicted octanol–water partition coefficient (Wildman–Crippen LogP) is 5.05. The second-order valence-electron chi connectivity index (χ2n) is 8.12. The van der Waals surface area contributed by atoms with Crippen LogP contribution in [0.15, 0.2) is 18.2 Å². The number of hydrogen-bond acceptors (Lipinski definition) is 3. The fourth-order valence-corrected chi connectivity index (χ4v) is 6.50. The number of carbonyl (C=O) groups is 2. The van der Waals surface area contributed by atoms with E-state index in [0.717, 1.165) is 32.1 Å². The minimum Gasteiger partial charge on any atom is -0.455 e. The zero-order chi connectivity index (χ0) is 18.5. The molecule has 0 spiro atoms. The molecular formula is C19H20Cl3NO3. The van der Waals surface area contributed by atoms with Crippen LogP contribution in [0.2, 0.25) is 10.0 Å². The predicted molar refractivity (Wildman–Crippen MR) is 102 cm³/mol. The molecule has 1 aromatic rings. The smallest absolute Gasteiger partial charge is 0.312 e. The second-order valence-corrected chi connectivity index (χ2v) is 9.70. The molecule has 0 heterocycles. The topological polar surface area (TPSA) is 55.4 Å². The quantitative estimate of drug-likeness (QED) is 0.552. The summed E-state index contributed by atoms with van der Waals surface area (Å²) < 4.78 is 5.39. The average Bonchev–Trinajstić information content (AvgIpc) is 2.54. The lowest BCUT2D eigenvalue weighted by atomic mass is 9.49. The minimum absolute atomic E-state index is 0.263. The summed E-state index contributed by atoms with van der Waals surface area (Å²) in [7, 11) is 0. The van der Waals surface area contributed by atoms with Crippen molar-refractivity contribution in [1.29, 1.82) is 0 Å². The van der Waals surface area contributed by atoms with Crippen LogP contribution in [0.1, 0.15) is 38.5 Å². The molecule has 1 amide bonds. The lowest BCUT2D eigenvalue weighted by molar-refractivity contribution is -0.171. The van der Waals surface area contributed by atoms with E-state index in [1.165, 1.54) is 0 Å². The molecule has 4 aliphatic carbocycles. The van der Waals surface area contributed by atoms with Crippen LogP contribution in [0.4, 0.5) is 5.69 Å². The molecule has 7 heteroatoms. The first-order valence-electron chi connectivity index (χ1n) is 8.89. The van der Waals surface area contributed by atoms with Gasteiger partial charge in [0.2, 0.25) is 0 Å². The van der Waals surface area contributed by atoms with Gasteiger partial charge in [0.15, 0.2) is 6.61 Å². The van der Waals surface area contributed by atoms with Gasteiger partial charge in [0.25, 0.3) is 5.91 Å². The number of hydrogen-bond donors (Lipinski definition) is 1.